The van der Waals surface area contributed by atoms with E-state index in [0.717, 1.165) is 5.57 Å². The molecule has 1 rings (SSSR count). The highest BCUT2D eigenvalue weighted by atomic mass is 16.5. The number of hydrogen-bond donors (Lipinski definition) is 0. The van der Waals surface area contributed by atoms with E-state index in [1.165, 1.54) is 7.11 Å². The zero-order valence-corrected chi connectivity index (χ0v) is 14.6. The van der Waals surface area contributed by atoms with E-state index in [-0.39, 0.29) is 12.5 Å². The Hall–Kier alpha value is -2.08. The van der Waals surface area contributed by atoms with Gasteiger partial charge in [-0.15, -0.1) is 0 Å². The van der Waals surface area contributed by atoms with Crippen molar-refractivity contribution in [2.45, 2.75) is 27.3 Å². The molecule has 0 atom stereocenters. The van der Waals surface area contributed by atoms with Gasteiger partial charge in [-0.2, -0.15) is 0 Å². The number of carbonyl (C=O) groups excluding carboxylic acids is 2. The van der Waals surface area contributed by atoms with Crippen LogP contribution in [0.2, 0.25) is 0 Å². The van der Waals surface area contributed by atoms with Crippen molar-refractivity contribution >= 4 is 11.9 Å². The SMILES string of the molecule is C=C(C)CN(CC)C(=O)CN(C)Cc1cc(C(=O)OC)c(C)o1. The van der Waals surface area contributed by atoms with Gasteiger partial charge < -0.3 is 14.1 Å². The van der Waals surface area contributed by atoms with Gasteiger partial charge in [-0.05, 0) is 33.9 Å². The molecular formula is C17H26N2O4. The van der Waals surface area contributed by atoms with E-state index in [2.05, 4.69) is 6.58 Å². The summed E-state index contributed by atoms with van der Waals surface area (Å²) in [5.74, 6) is 0.759. The first-order valence-electron chi connectivity index (χ1n) is 7.56. The number of carbonyl (C=O) groups is 2. The molecule has 1 aromatic heterocycles. The Morgan fingerprint density at radius 1 is 1.35 bits per heavy atom. The molecule has 0 aromatic carbocycles. The van der Waals surface area contributed by atoms with Crippen LogP contribution in [0, 0.1) is 6.92 Å². The van der Waals surface area contributed by atoms with E-state index >= 15 is 0 Å². The number of amides is 1. The Labute approximate surface area is 137 Å². The summed E-state index contributed by atoms with van der Waals surface area (Å²) in [4.78, 5) is 27.5. The second-order valence-electron chi connectivity index (χ2n) is 5.71. The van der Waals surface area contributed by atoms with Crippen molar-refractivity contribution in [3.05, 3.63) is 35.3 Å². The molecule has 0 N–H and O–H groups in total. The maximum atomic E-state index is 12.3. The third-order valence-corrected chi connectivity index (χ3v) is 3.40. The van der Waals surface area contributed by atoms with Gasteiger partial charge in [-0.1, -0.05) is 12.2 Å². The summed E-state index contributed by atoms with van der Waals surface area (Å²) in [6.45, 7) is 11.3. The summed E-state index contributed by atoms with van der Waals surface area (Å²) in [5, 5.41) is 0. The van der Waals surface area contributed by atoms with Crippen molar-refractivity contribution in [3.8, 4) is 0 Å². The van der Waals surface area contributed by atoms with Gasteiger partial charge in [0.25, 0.3) is 0 Å². The molecule has 0 bridgehead atoms. The van der Waals surface area contributed by atoms with Crippen LogP contribution in [-0.4, -0.2) is 55.5 Å². The van der Waals surface area contributed by atoms with E-state index in [0.29, 0.717) is 36.7 Å². The van der Waals surface area contributed by atoms with Crippen LogP contribution in [0.15, 0.2) is 22.6 Å². The maximum Gasteiger partial charge on any atom is 0.341 e. The van der Waals surface area contributed by atoms with Gasteiger partial charge in [0, 0.05) is 13.1 Å². The van der Waals surface area contributed by atoms with Gasteiger partial charge in [-0.25, -0.2) is 4.79 Å². The molecule has 6 heteroatoms. The second kappa shape index (κ2) is 8.53. The molecule has 0 fully saturated rings. The Bertz CT molecular complexity index is 577. The lowest BCUT2D eigenvalue weighted by Gasteiger charge is -2.24. The van der Waals surface area contributed by atoms with E-state index in [9.17, 15) is 9.59 Å². The van der Waals surface area contributed by atoms with Crippen molar-refractivity contribution < 1.29 is 18.7 Å². The third kappa shape index (κ3) is 5.56. The molecule has 0 unspecified atom stereocenters. The van der Waals surface area contributed by atoms with Gasteiger partial charge in [0.05, 0.1) is 20.2 Å². The quantitative estimate of drug-likeness (QED) is 0.542. The molecule has 0 aliphatic heterocycles. The minimum Gasteiger partial charge on any atom is -0.465 e. The Morgan fingerprint density at radius 3 is 2.52 bits per heavy atom. The number of hydrogen-bond acceptors (Lipinski definition) is 5. The normalized spacial score (nSPS) is 10.7. The van der Waals surface area contributed by atoms with Crippen molar-refractivity contribution in [2.75, 3.05) is 33.8 Å². The number of furan rings is 1. The smallest absolute Gasteiger partial charge is 0.341 e. The van der Waals surface area contributed by atoms with Crippen molar-refractivity contribution in [1.29, 1.82) is 0 Å². The summed E-state index contributed by atoms with van der Waals surface area (Å²) in [7, 11) is 3.17. The van der Waals surface area contributed by atoms with Crippen LogP contribution in [0.4, 0.5) is 0 Å². The molecule has 128 valence electrons. The van der Waals surface area contributed by atoms with Crippen LogP contribution in [0.1, 0.15) is 35.7 Å². The summed E-state index contributed by atoms with van der Waals surface area (Å²) in [6.07, 6.45) is 0. The fourth-order valence-corrected chi connectivity index (χ4v) is 2.29. The first kappa shape index (κ1) is 19.0. The molecule has 1 aromatic rings. The molecule has 0 radical (unpaired) electrons. The highest BCUT2D eigenvalue weighted by molar-refractivity contribution is 5.90. The van der Waals surface area contributed by atoms with Crippen LogP contribution in [0.5, 0.6) is 0 Å². The molecule has 0 aliphatic rings. The second-order valence-corrected chi connectivity index (χ2v) is 5.71. The monoisotopic (exact) mass is 322 g/mol. The number of ether oxygens (including phenoxy) is 1. The highest BCUT2D eigenvalue weighted by Gasteiger charge is 2.18. The predicted octanol–water partition coefficient (Wildman–Crippen LogP) is 2.23. The van der Waals surface area contributed by atoms with Gasteiger partial charge in [-0.3, -0.25) is 9.69 Å². The Balaban J connectivity index is 2.66. The van der Waals surface area contributed by atoms with Crippen LogP contribution in [0.25, 0.3) is 0 Å². The Kier molecular flexibility index (Phi) is 7.03. The third-order valence-electron chi connectivity index (χ3n) is 3.40. The largest absolute Gasteiger partial charge is 0.465 e. The number of esters is 1. The molecule has 6 nitrogen and oxygen atoms in total. The minimum absolute atomic E-state index is 0.0365. The highest BCUT2D eigenvalue weighted by Crippen LogP contribution is 2.17. The van der Waals surface area contributed by atoms with E-state index in [1.54, 1.807) is 17.9 Å². The topological polar surface area (TPSA) is 63.0 Å². The molecule has 0 saturated carbocycles. The summed E-state index contributed by atoms with van der Waals surface area (Å²) in [5.41, 5.74) is 1.37. The average molecular weight is 322 g/mol. The van der Waals surface area contributed by atoms with Crippen LogP contribution >= 0.6 is 0 Å². The molecule has 0 saturated heterocycles. The number of rotatable bonds is 8. The van der Waals surface area contributed by atoms with Crippen LogP contribution in [-0.2, 0) is 16.1 Å². The summed E-state index contributed by atoms with van der Waals surface area (Å²) in [6, 6.07) is 1.66. The van der Waals surface area contributed by atoms with E-state index in [1.807, 2.05) is 25.8 Å². The van der Waals surface area contributed by atoms with Gasteiger partial charge in [0.15, 0.2) is 0 Å². The minimum atomic E-state index is -0.421. The van der Waals surface area contributed by atoms with Gasteiger partial charge >= 0.3 is 5.97 Å². The zero-order valence-electron chi connectivity index (χ0n) is 14.6. The van der Waals surface area contributed by atoms with Gasteiger partial charge in [0.2, 0.25) is 5.91 Å². The van der Waals surface area contributed by atoms with Crippen molar-refractivity contribution in [1.82, 2.24) is 9.80 Å². The molecule has 0 aliphatic carbocycles. The maximum absolute atomic E-state index is 12.3. The first-order chi connectivity index (χ1) is 10.8. The molecule has 23 heavy (non-hydrogen) atoms. The lowest BCUT2D eigenvalue weighted by Crippen LogP contribution is -2.39. The molecule has 0 spiro atoms. The van der Waals surface area contributed by atoms with E-state index in [4.69, 9.17) is 9.15 Å². The van der Waals surface area contributed by atoms with E-state index < -0.39 is 5.97 Å². The number of nitrogens with zero attached hydrogens (tertiary/aromatic N) is 2. The molecule has 1 heterocycles. The van der Waals surface area contributed by atoms with Gasteiger partial charge in [0.1, 0.15) is 17.1 Å². The number of methoxy groups -OCH3 is 1. The molecule has 1 amide bonds. The summed E-state index contributed by atoms with van der Waals surface area (Å²) < 4.78 is 10.3. The number of aryl methyl sites for hydroxylation is 1. The average Bonchev–Trinajstić information content (AvgIpc) is 2.83. The lowest BCUT2D eigenvalue weighted by molar-refractivity contribution is -0.131. The summed E-state index contributed by atoms with van der Waals surface area (Å²) >= 11 is 0. The molecular weight excluding hydrogens is 296 g/mol. The van der Waals surface area contributed by atoms with Crippen LogP contribution < -0.4 is 0 Å². The predicted molar refractivity (Wildman–Crippen MR) is 88.2 cm³/mol. The lowest BCUT2D eigenvalue weighted by atomic mass is 10.2. The fourth-order valence-electron chi connectivity index (χ4n) is 2.29. The van der Waals surface area contributed by atoms with Crippen molar-refractivity contribution in [3.63, 3.8) is 0 Å². The number of likely N-dealkylation sites (N-methyl/N-ethyl adjacent to an activating group) is 2. The first-order valence-corrected chi connectivity index (χ1v) is 7.56. The fraction of sp³-hybridized carbons (Fsp3) is 0.529. The zero-order chi connectivity index (χ0) is 17.6. The Morgan fingerprint density at radius 2 is 2.00 bits per heavy atom. The van der Waals surface area contributed by atoms with Crippen molar-refractivity contribution in [2.24, 2.45) is 0 Å². The standard InChI is InChI=1S/C17H26N2O4/c1-7-19(9-12(2)3)16(20)11-18(5)10-14-8-15(13(4)23-14)17(21)22-6/h8H,2,7,9-11H2,1,3-6H3. The van der Waals surface area contributed by atoms with Crippen LogP contribution in [0.3, 0.4) is 0 Å².